The van der Waals surface area contributed by atoms with Gasteiger partial charge < -0.3 is 0 Å². The van der Waals surface area contributed by atoms with Gasteiger partial charge in [0.2, 0.25) is 0 Å². The van der Waals surface area contributed by atoms with Gasteiger partial charge >= 0.3 is 5.69 Å². The van der Waals surface area contributed by atoms with Gasteiger partial charge in [-0.15, -0.1) is 0 Å². The van der Waals surface area contributed by atoms with Crippen LogP contribution in [0.5, 0.6) is 0 Å². The molecule has 0 amide bonds. The molecular weight excluding hydrogens is 266 g/mol. The molecule has 4 rings (SSSR count). The second kappa shape index (κ2) is 4.41. The molecule has 1 aromatic carbocycles. The molecule has 5 heteroatoms. The first-order chi connectivity index (χ1) is 10.2. The van der Waals surface area contributed by atoms with E-state index in [9.17, 15) is 9.59 Å². The number of benzene rings is 1. The number of rotatable bonds is 2. The predicted octanol–water partition coefficient (Wildman–Crippen LogP) is 1.95. The number of aromatic amines is 1. The first-order valence-electron chi connectivity index (χ1n) is 6.95. The summed E-state index contributed by atoms with van der Waals surface area (Å²) in [5.41, 5.74) is 1.23. The summed E-state index contributed by atoms with van der Waals surface area (Å²) in [5.74, 6) is 0.466. The van der Waals surface area contributed by atoms with Crippen LogP contribution in [0.2, 0.25) is 0 Å². The minimum Gasteiger partial charge on any atom is -0.273 e. The normalized spacial score (nSPS) is 14.5. The summed E-state index contributed by atoms with van der Waals surface area (Å²) in [5, 5.41) is 0.433. The van der Waals surface area contributed by atoms with Gasteiger partial charge in [-0.3, -0.25) is 9.78 Å². The maximum Gasteiger partial charge on any atom is 0.334 e. The van der Waals surface area contributed by atoms with E-state index in [1.54, 1.807) is 6.07 Å². The van der Waals surface area contributed by atoms with Crippen molar-refractivity contribution in [1.82, 2.24) is 14.5 Å². The quantitative estimate of drug-likeness (QED) is 0.779. The van der Waals surface area contributed by atoms with Crippen LogP contribution in [0.3, 0.4) is 0 Å². The van der Waals surface area contributed by atoms with Crippen molar-refractivity contribution in [2.75, 3.05) is 0 Å². The predicted molar refractivity (Wildman–Crippen MR) is 79.9 cm³/mol. The van der Waals surface area contributed by atoms with Crippen molar-refractivity contribution in [2.24, 2.45) is 0 Å². The minimum atomic E-state index is -0.459. The second-order valence-electron chi connectivity index (χ2n) is 5.31. The molecule has 5 nitrogen and oxygen atoms in total. The Kier molecular flexibility index (Phi) is 2.54. The average Bonchev–Trinajstić information content (AvgIpc) is 3.32. The summed E-state index contributed by atoms with van der Waals surface area (Å²) in [4.78, 5) is 31.1. The van der Waals surface area contributed by atoms with E-state index in [-0.39, 0.29) is 0 Å². The molecule has 0 bridgehead atoms. The highest BCUT2D eigenvalue weighted by molar-refractivity contribution is 5.75. The van der Waals surface area contributed by atoms with Crippen molar-refractivity contribution in [1.29, 1.82) is 0 Å². The third kappa shape index (κ3) is 1.98. The number of nitrogens with one attached hydrogen (secondary N) is 1. The summed E-state index contributed by atoms with van der Waals surface area (Å²) in [7, 11) is 0. The minimum absolute atomic E-state index is 0.392. The number of para-hydroxylation sites is 1. The number of hydrogen-bond donors (Lipinski definition) is 1. The molecule has 0 spiro atoms. The van der Waals surface area contributed by atoms with Crippen molar-refractivity contribution >= 4 is 11.0 Å². The molecule has 21 heavy (non-hydrogen) atoms. The van der Waals surface area contributed by atoms with E-state index in [1.165, 1.54) is 4.57 Å². The Morgan fingerprint density at radius 3 is 2.52 bits per heavy atom. The van der Waals surface area contributed by atoms with Gasteiger partial charge in [0.1, 0.15) is 0 Å². The SMILES string of the molecule is O=c1[nH]c(=O)n(-c2ccccc2)c2nc(C3CC3)ccc12. The maximum atomic E-state index is 12.2. The van der Waals surface area contributed by atoms with Crippen LogP contribution >= 0.6 is 0 Å². The van der Waals surface area contributed by atoms with Crippen LogP contribution in [0, 0.1) is 0 Å². The fourth-order valence-electron chi connectivity index (χ4n) is 2.55. The summed E-state index contributed by atoms with van der Waals surface area (Å²) in [6.45, 7) is 0. The molecule has 1 fully saturated rings. The van der Waals surface area contributed by atoms with Crippen molar-refractivity contribution in [2.45, 2.75) is 18.8 Å². The molecule has 0 radical (unpaired) electrons. The molecule has 0 atom stereocenters. The van der Waals surface area contributed by atoms with E-state index in [1.807, 2.05) is 36.4 Å². The lowest BCUT2D eigenvalue weighted by atomic mass is 10.2. The number of fused-ring (bicyclic) bond motifs is 1. The Labute approximate surface area is 119 Å². The zero-order chi connectivity index (χ0) is 14.4. The molecule has 0 unspecified atom stereocenters. The van der Waals surface area contributed by atoms with Gasteiger partial charge in [-0.1, -0.05) is 18.2 Å². The zero-order valence-corrected chi connectivity index (χ0v) is 11.2. The highest BCUT2D eigenvalue weighted by Crippen LogP contribution is 2.39. The molecule has 104 valence electrons. The summed E-state index contributed by atoms with van der Waals surface area (Å²) >= 11 is 0. The van der Waals surface area contributed by atoms with Crippen molar-refractivity contribution in [3.8, 4) is 5.69 Å². The van der Waals surface area contributed by atoms with Crippen LogP contribution in [0.25, 0.3) is 16.7 Å². The summed E-state index contributed by atoms with van der Waals surface area (Å²) in [6.07, 6.45) is 2.24. The molecule has 1 N–H and O–H groups in total. The average molecular weight is 279 g/mol. The zero-order valence-electron chi connectivity index (χ0n) is 11.2. The molecule has 1 aliphatic rings. The van der Waals surface area contributed by atoms with Crippen LogP contribution < -0.4 is 11.2 Å². The Balaban J connectivity index is 2.10. The van der Waals surface area contributed by atoms with Crippen molar-refractivity contribution in [3.63, 3.8) is 0 Å². The first kappa shape index (κ1) is 12.1. The lowest BCUT2D eigenvalue weighted by Gasteiger charge is -2.09. The molecule has 0 aliphatic heterocycles. The van der Waals surface area contributed by atoms with Crippen LogP contribution in [-0.2, 0) is 0 Å². The van der Waals surface area contributed by atoms with Crippen LogP contribution in [-0.4, -0.2) is 14.5 Å². The Hall–Kier alpha value is -2.69. The fraction of sp³-hybridized carbons (Fsp3) is 0.188. The van der Waals surface area contributed by atoms with E-state index < -0.39 is 11.2 Å². The van der Waals surface area contributed by atoms with Gasteiger partial charge in [-0.2, -0.15) is 0 Å². The Morgan fingerprint density at radius 1 is 1.05 bits per heavy atom. The van der Waals surface area contributed by atoms with Gasteiger partial charge in [0, 0.05) is 11.6 Å². The van der Waals surface area contributed by atoms with E-state index in [2.05, 4.69) is 9.97 Å². The lowest BCUT2D eigenvalue weighted by Crippen LogP contribution is -2.30. The van der Waals surface area contributed by atoms with Gasteiger partial charge in [0.25, 0.3) is 5.56 Å². The van der Waals surface area contributed by atoms with Gasteiger partial charge in [0.05, 0.1) is 11.1 Å². The topological polar surface area (TPSA) is 67.8 Å². The molecule has 2 heterocycles. The number of hydrogen-bond acceptors (Lipinski definition) is 3. The third-order valence-electron chi connectivity index (χ3n) is 3.79. The summed E-state index contributed by atoms with van der Waals surface area (Å²) < 4.78 is 1.46. The molecule has 1 aliphatic carbocycles. The molecule has 1 saturated carbocycles. The van der Waals surface area contributed by atoms with Gasteiger partial charge in [-0.25, -0.2) is 14.3 Å². The highest BCUT2D eigenvalue weighted by Gasteiger charge is 2.25. The lowest BCUT2D eigenvalue weighted by molar-refractivity contribution is 0.910. The molecule has 3 aromatic rings. The highest BCUT2D eigenvalue weighted by atomic mass is 16.2. The monoisotopic (exact) mass is 279 g/mol. The molecule has 0 saturated heterocycles. The standard InChI is InChI=1S/C16H13N3O2/c20-15-12-8-9-13(10-6-7-10)17-14(12)19(16(21)18-15)11-4-2-1-3-5-11/h1-5,8-10H,6-7H2,(H,18,20,21). The number of H-pyrrole nitrogens is 1. The van der Waals surface area contributed by atoms with Gasteiger partial charge in [0.15, 0.2) is 5.65 Å². The van der Waals surface area contributed by atoms with E-state index in [4.69, 9.17) is 0 Å². The van der Waals surface area contributed by atoms with Crippen molar-refractivity contribution in [3.05, 3.63) is 69.0 Å². The summed E-state index contributed by atoms with van der Waals surface area (Å²) in [6, 6.07) is 12.9. The second-order valence-corrected chi connectivity index (χ2v) is 5.31. The number of nitrogens with zero attached hydrogens (tertiary/aromatic N) is 2. The van der Waals surface area contributed by atoms with Gasteiger partial charge in [-0.05, 0) is 37.1 Å². The molecular formula is C16H13N3O2. The number of aromatic nitrogens is 3. The van der Waals surface area contributed by atoms with Crippen LogP contribution in [0.4, 0.5) is 0 Å². The van der Waals surface area contributed by atoms with Crippen molar-refractivity contribution < 1.29 is 0 Å². The Morgan fingerprint density at radius 2 is 1.81 bits per heavy atom. The molecule has 2 aromatic heterocycles. The van der Waals surface area contributed by atoms with Crippen LogP contribution in [0.1, 0.15) is 24.5 Å². The third-order valence-corrected chi connectivity index (χ3v) is 3.79. The fourth-order valence-corrected chi connectivity index (χ4v) is 2.55. The largest absolute Gasteiger partial charge is 0.334 e. The van der Waals surface area contributed by atoms with E-state index >= 15 is 0 Å². The smallest absolute Gasteiger partial charge is 0.273 e. The van der Waals surface area contributed by atoms with E-state index in [0.29, 0.717) is 22.6 Å². The number of pyridine rings is 1. The Bertz CT molecular complexity index is 937. The first-order valence-corrected chi connectivity index (χ1v) is 6.95. The maximum absolute atomic E-state index is 12.2. The van der Waals surface area contributed by atoms with Crippen LogP contribution in [0.15, 0.2) is 52.1 Å². The van der Waals surface area contributed by atoms with E-state index in [0.717, 1.165) is 18.5 Å².